The predicted octanol–water partition coefficient (Wildman–Crippen LogP) is 2.89. The molecule has 17 heavy (non-hydrogen) atoms. The molecule has 94 valence electrons. The molecule has 2 nitrogen and oxygen atoms in total. The van der Waals surface area contributed by atoms with Crippen molar-refractivity contribution >= 4 is 11.6 Å². The zero-order chi connectivity index (χ0) is 12.4. The molecule has 0 aromatic heterocycles. The van der Waals surface area contributed by atoms with Crippen LogP contribution >= 0.6 is 11.6 Å². The maximum absolute atomic E-state index is 13.4. The van der Waals surface area contributed by atoms with Crippen LogP contribution in [0.15, 0.2) is 12.1 Å². The van der Waals surface area contributed by atoms with Crippen molar-refractivity contribution in [3.05, 3.63) is 28.5 Å². The standard InChI is InChI=1S/C12H14ClF2NO/c13-12-9(15)1-2-10(17-4-3-14)11(12)8-5-7(8)6-16/h1-2,7-8H,3-6,16H2. The monoisotopic (exact) mass is 261 g/mol. The second-order valence-corrected chi connectivity index (χ2v) is 4.53. The van der Waals surface area contributed by atoms with Crippen LogP contribution in [0.5, 0.6) is 5.75 Å². The number of hydrogen-bond donors (Lipinski definition) is 1. The van der Waals surface area contributed by atoms with Crippen LogP contribution in [0, 0.1) is 11.7 Å². The number of alkyl halides is 1. The molecular weight excluding hydrogens is 248 g/mol. The van der Waals surface area contributed by atoms with Crippen LogP contribution < -0.4 is 10.5 Å². The third-order valence-electron chi connectivity index (χ3n) is 3.02. The Morgan fingerprint density at radius 3 is 2.82 bits per heavy atom. The molecule has 0 heterocycles. The van der Waals surface area contributed by atoms with Gasteiger partial charge in [-0.05, 0) is 36.9 Å². The quantitative estimate of drug-likeness (QED) is 0.885. The van der Waals surface area contributed by atoms with Crippen molar-refractivity contribution < 1.29 is 13.5 Å². The molecular formula is C12H14ClF2NO. The molecule has 2 N–H and O–H groups in total. The van der Waals surface area contributed by atoms with Crippen molar-refractivity contribution in [2.45, 2.75) is 12.3 Å². The Morgan fingerprint density at radius 2 is 2.24 bits per heavy atom. The molecule has 0 radical (unpaired) electrons. The normalized spacial score (nSPS) is 22.6. The number of benzene rings is 1. The van der Waals surface area contributed by atoms with Crippen molar-refractivity contribution in [3.8, 4) is 5.75 Å². The molecule has 0 saturated heterocycles. The first-order chi connectivity index (χ1) is 8.19. The van der Waals surface area contributed by atoms with Crippen molar-refractivity contribution in [2.24, 2.45) is 11.7 Å². The lowest BCUT2D eigenvalue weighted by atomic mass is 10.1. The predicted molar refractivity (Wildman–Crippen MR) is 62.8 cm³/mol. The van der Waals surface area contributed by atoms with Gasteiger partial charge in [0.2, 0.25) is 0 Å². The second kappa shape index (κ2) is 5.19. The summed E-state index contributed by atoms with van der Waals surface area (Å²) < 4.78 is 30.8. The third-order valence-corrected chi connectivity index (χ3v) is 3.41. The summed E-state index contributed by atoms with van der Waals surface area (Å²) in [6, 6.07) is 2.73. The highest BCUT2D eigenvalue weighted by atomic mass is 35.5. The fraction of sp³-hybridized carbons (Fsp3) is 0.500. The van der Waals surface area contributed by atoms with E-state index in [-0.39, 0.29) is 17.5 Å². The summed E-state index contributed by atoms with van der Waals surface area (Å²) in [5, 5.41) is 0.0716. The molecule has 1 aliphatic rings. The molecule has 1 saturated carbocycles. The highest BCUT2D eigenvalue weighted by Crippen LogP contribution is 2.52. The molecule has 0 aliphatic heterocycles. The van der Waals surface area contributed by atoms with Crippen molar-refractivity contribution in [2.75, 3.05) is 19.8 Å². The summed E-state index contributed by atoms with van der Waals surface area (Å²) >= 11 is 5.95. The van der Waals surface area contributed by atoms with Gasteiger partial charge in [-0.1, -0.05) is 11.6 Å². The van der Waals surface area contributed by atoms with Crippen molar-refractivity contribution in [3.63, 3.8) is 0 Å². The molecule has 1 fully saturated rings. The van der Waals surface area contributed by atoms with Crippen molar-refractivity contribution in [1.29, 1.82) is 0 Å². The van der Waals surface area contributed by atoms with Gasteiger partial charge in [-0.25, -0.2) is 8.78 Å². The first-order valence-corrected chi connectivity index (χ1v) is 5.93. The number of hydrogen-bond acceptors (Lipinski definition) is 2. The fourth-order valence-electron chi connectivity index (χ4n) is 2.03. The molecule has 0 spiro atoms. The van der Waals surface area contributed by atoms with E-state index in [1.54, 1.807) is 0 Å². The third kappa shape index (κ3) is 2.53. The highest BCUT2D eigenvalue weighted by molar-refractivity contribution is 6.31. The van der Waals surface area contributed by atoms with Crippen LogP contribution in [0.3, 0.4) is 0 Å². The molecule has 1 aromatic carbocycles. The topological polar surface area (TPSA) is 35.2 Å². The van der Waals surface area contributed by atoms with E-state index < -0.39 is 12.5 Å². The van der Waals surface area contributed by atoms with Crippen LogP contribution in [0.4, 0.5) is 8.78 Å². The summed E-state index contributed by atoms with van der Waals surface area (Å²) in [6.07, 6.45) is 0.881. The minimum atomic E-state index is -0.584. The van der Waals surface area contributed by atoms with Gasteiger partial charge in [0, 0.05) is 5.56 Å². The lowest BCUT2D eigenvalue weighted by Gasteiger charge is -2.12. The van der Waals surface area contributed by atoms with Gasteiger partial charge in [0.25, 0.3) is 0 Å². The summed E-state index contributed by atoms with van der Waals surface area (Å²) in [7, 11) is 0. The number of ether oxygens (including phenoxy) is 1. The summed E-state index contributed by atoms with van der Waals surface area (Å²) in [5.74, 6) is 0.451. The SMILES string of the molecule is NCC1CC1c1c(OCCF)ccc(F)c1Cl. The summed E-state index contributed by atoms with van der Waals surface area (Å²) in [6.45, 7) is -0.0888. The Kier molecular flexibility index (Phi) is 3.84. The zero-order valence-corrected chi connectivity index (χ0v) is 10.0. The Hall–Kier alpha value is -0.870. The average molecular weight is 262 g/mol. The molecule has 2 atom stereocenters. The molecule has 2 unspecified atom stereocenters. The maximum Gasteiger partial charge on any atom is 0.142 e. The highest BCUT2D eigenvalue weighted by Gasteiger charge is 2.40. The number of nitrogens with two attached hydrogens (primary N) is 1. The Bertz CT molecular complexity index is 414. The Balaban J connectivity index is 2.29. The van der Waals surface area contributed by atoms with E-state index in [2.05, 4.69) is 0 Å². The summed E-state index contributed by atoms with van der Waals surface area (Å²) in [4.78, 5) is 0. The first-order valence-electron chi connectivity index (χ1n) is 5.55. The van der Waals surface area contributed by atoms with E-state index in [4.69, 9.17) is 22.1 Å². The molecule has 1 aromatic rings. The fourth-order valence-corrected chi connectivity index (χ4v) is 2.33. The molecule has 2 rings (SSSR count). The lowest BCUT2D eigenvalue weighted by Crippen LogP contribution is -2.05. The van der Waals surface area contributed by atoms with Crippen molar-refractivity contribution in [1.82, 2.24) is 0 Å². The maximum atomic E-state index is 13.4. The van der Waals surface area contributed by atoms with Crippen LogP contribution in [0.2, 0.25) is 5.02 Å². The minimum Gasteiger partial charge on any atom is -0.491 e. The first kappa shape index (κ1) is 12.6. The van der Waals surface area contributed by atoms with E-state index >= 15 is 0 Å². The van der Waals surface area contributed by atoms with Crippen LogP contribution in [0.1, 0.15) is 17.9 Å². The minimum absolute atomic E-state index is 0.0467. The van der Waals surface area contributed by atoms with Gasteiger partial charge in [-0.15, -0.1) is 0 Å². The Morgan fingerprint density at radius 1 is 1.47 bits per heavy atom. The molecule has 5 heteroatoms. The largest absolute Gasteiger partial charge is 0.491 e. The average Bonchev–Trinajstić information content (AvgIpc) is 3.09. The van der Waals surface area contributed by atoms with Gasteiger partial charge in [-0.3, -0.25) is 0 Å². The molecule has 0 bridgehead atoms. The second-order valence-electron chi connectivity index (χ2n) is 4.15. The van der Waals surface area contributed by atoms with E-state index in [1.165, 1.54) is 12.1 Å². The van der Waals surface area contributed by atoms with Gasteiger partial charge in [0.05, 0.1) is 5.02 Å². The van der Waals surface area contributed by atoms with E-state index in [0.717, 1.165) is 6.42 Å². The number of halogens is 3. The van der Waals surface area contributed by atoms with Crippen LogP contribution in [0.25, 0.3) is 0 Å². The van der Waals surface area contributed by atoms with Gasteiger partial charge in [0.15, 0.2) is 0 Å². The van der Waals surface area contributed by atoms with Crippen LogP contribution in [-0.4, -0.2) is 19.8 Å². The van der Waals surface area contributed by atoms with Gasteiger partial charge in [-0.2, -0.15) is 0 Å². The number of rotatable bonds is 5. The van der Waals surface area contributed by atoms with Gasteiger partial charge < -0.3 is 10.5 Å². The smallest absolute Gasteiger partial charge is 0.142 e. The van der Waals surface area contributed by atoms with E-state index in [1.807, 2.05) is 0 Å². The Labute approximate surface area is 104 Å². The van der Waals surface area contributed by atoms with Gasteiger partial charge in [0.1, 0.15) is 24.8 Å². The molecule has 1 aliphatic carbocycles. The zero-order valence-electron chi connectivity index (χ0n) is 9.26. The van der Waals surface area contributed by atoms with Crippen LogP contribution in [-0.2, 0) is 0 Å². The van der Waals surface area contributed by atoms with Gasteiger partial charge >= 0.3 is 0 Å². The molecule has 0 amide bonds. The lowest BCUT2D eigenvalue weighted by molar-refractivity contribution is 0.270. The summed E-state index contributed by atoms with van der Waals surface area (Å²) in [5.41, 5.74) is 6.20. The van der Waals surface area contributed by atoms with E-state index in [9.17, 15) is 8.78 Å². The van der Waals surface area contributed by atoms with E-state index in [0.29, 0.717) is 23.8 Å².